The van der Waals surface area contributed by atoms with Gasteiger partial charge in [-0.05, 0) is 119 Å². The molecule has 0 radical (unpaired) electrons. The van der Waals surface area contributed by atoms with Crippen LogP contribution in [0.1, 0.15) is 11.1 Å². The maximum absolute atomic E-state index is 2.41. The third kappa shape index (κ3) is 3.84. The van der Waals surface area contributed by atoms with Crippen LogP contribution in [0.3, 0.4) is 0 Å². The molecule has 8 aromatic carbocycles. The second-order valence-electron chi connectivity index (χ2n) is 11.7. The van der Waals surface area contributed by atoms with Gasteiger partial charge in [-0.25, -0.2) is 0 Å². The van der Waals surface area contributed by atoms with Crippen molar-refractivity contribution in [3.63, 3.8) is 0 Å². The fraction of sp³-hybridized carbons (Fsp3) is 0.0233. The third-order valence-electron chi connectivity index (χ3n) is 9.28. The summed E-state index contributed by atoms with van der Waals surface area (Å²) in [5.41, 5.74) is 13.1. The van der Waals surface area contributed by atoms with Crippen LogP contribution in [0, 0.1) is 0 Å². The molecule has 1 aliphatic carbocycles. The maximum atomic E-state index is 2.41. The largest absolute Gasteiger partial charge is 0.0622 e. The van der Waals surface area contributed by atoms with Gasteiger partial charge in [0.25, 0.3) is 0 Å². The minimum Gasteiger partial charge on any atom is -0.0622 e. The quantitative estimate of drug-likeness (QED) is 0.194. The number of rotatable bonds is 3. The Bertz CT molecular complexity index is 2320. The van der Waals surface area contributed by atoms with Crippen molar-refractivity contribution >= 4 is 32.3 Å². The second kappa shape index (κ2) is 9.54. The third-order valence-corrected chi connectivity index (χ3v) is 9.28. The van der Waals surface area contributed by atoms with Gasteiger partial charge in [0.05, 0.1) is 0 Å². The summed E-state index contributed by atoms with van der Waals surface area (Å²) in [4.78, 5) is 0. The Kier molecular flexibility index (Phi) is 5.36. The predicted molar refractivity (Wildman–Crippen MR) is 184 cm³/mol. The first-order valence-electron chi connectivity index (χ1n) is 15.1. The van der Waals surface area contributed by atoms with Crippen LogP contribution in [0.4, 0.5) is 0 Å². The SMILES string of the molecule is c1ccc(-c2cc(-c3ccc4c5ccccc5c5ccccc5c4c3)cc(-c3cccc4c3Cc3ccccc3-4)c2)cc1. The smallest absolute Gasteiger partial charge is 0.000729 e. The Labute approximate surface area is 251 Å². The van der Waals surface area contributed by atoms with E-state index < -0.39 is 0 Å². The van der Waals surface area contributed by atoms with Crippen molar-refractivity contribution in [2.75, 3.05) is 0 Å². The van der Waals surface area contributed by atoms with E-state index in [1.54, 1.807) is 0 Å². The fourth-order valence-electron chi connectivity index (χ4n) is 7.26. The van der Waals surface area contributed by atoms with Gasteiger partial charge in [-0.2, -0.15) is 0 Å². The molecular weight excluding hydrogens is 516 g/mol. The summed E-state index contributed by atoms with van der Waals surface area (Å²) in [6, 6.07) is 58.2. The predicted octanol–water partition coefficient (Wildman–Crippen LogP) is 11.7. The van der Waals surface area contributed by atoms with Crippen LogP contribution in [0.15, 0.2) is 158 Å². The highest BCUT2D eigenvalue weighted by atomic mass is 14.3. The summed E-state index contributed by atoms with van der Waals surface area (Å²) in [7, 11) is 0. The summed E-state index contributed by atoms with van der Waals surface area (Å²) in [5, 5.41) is 7.83. The molecule has 0 fully saturated rings. The number of hydrogen-bond acceptors (Lipinski definition) is 0. The van der Waals surface area contributed by atoms with Gasteiger partial charge in [-0.3, -0.25) is 0 Å². The van der Waals surface area contributed by atoms with E-state index in [9.17, 15) is 0 Å². The van der Waals surface area contributed by atoms with E-state index in [1.807, 2.05) is 0 Å². The zero-order valence-electron chi connectivity index (χ0n) is 23.7. The highest BCUT2D eigenvalue weighted by Gasteiger charge is 2.22. The molecule has 0 aromatic heterocycles. The molecule has 0 amide bonds. The molecule has 200 valence electrons. The minimum atomic E-state index is 0.974. The number of benzene rings is 8. The van der Waals surface area contributed by atoms with Crippen molar-refractivity contribution < 1.29 is 0 Å². The topological polar surface area (TPSA) is 0 Å². The summed E-state index contributed by atoms with van der Waals surface area (Å²) in [6.07, 6.45) is 0.974. The summed E-state index contributed by atoms with van der Waals surface area (Å²) in [6.45, 7) is 0. The van der Waals surface area contributed by atoms with Crippen molar-refractivity contribution in [2.45, 2.75) is 6.42 Å². The van der Waals surface area contributed by atoms with E-state index in [4.69, 9.17) is 0 Å². The number of hydrogen-bond donors (Lipinski definition) is 0. The van der Waals surface area contributed by atoms with Gasteiger partial charge in [0.1, 0.15) is 0 Å². The lowest BCUT2D eigenvalue weighted by atomic mass is 9.88. The molecule has 0 saturated carbocycles. The fourth-order valence-corrected chi connectivity index (χ4v) is 7.26. The Morgan fingerprint density at radius 2 is 0.814 bits per heavy atom. The van der Waals surface area contributed by atoms with Crippen molar-refractivity contribution in [3.05, 3.63) is 169 Å². The van der Waals surface area contributed by atoms with Crippen LogP contribution in [0.5, 0.6) is 0 Å². The van der Waals surface area contributed by atoms with Gasteiger partial charge in [-0.15, -0.1) is 0 Å². The lowest BCUT2D eigenvalue weighted by molar-refractivity contribution is 1.26. The highest BCUT2D eigenvalue weighted by Crippen LogP contribution is 2.44. The molecule has 0 spiro atoms. The second-order valence-corrected chi connectivity index (χ2v) is 11.7. The molecule has 0 unspecified atom stereocenters. The Hall–Kier alpha value is -5.46. The zero-order valence-corrected chi connectivity index (χ0v) is 23.7. The standard InChI is InChI=1S/C43H28/c1-2-11-28(12-3-1)31-23-32(25-33(24-31)35-19-10-20-36-34-14-5-4-13-30(34)27-42(35)36)29-21-22-41-39-17-7-6-15-37(39)38-16-8-9-18-40(38)43(41)26-29/h1-26H,27H2. The van der Waals surface area contributed by atoms with E-state index in [1.165, 1.54) is 88.0 Å². The monoisotopic (exact) mass is 544 g/mol. The highest BCUT2D eigenvalue weighted by molar-refractivity contribution is 6.25. The van der Waals surface area contributed by atoms with Gasteiger partial charge < -0.3 is 0 Å². The van der Waals surface area contributed by atoms with Gasteiger partial charge in [0.15, 0.2) is 0 Å². The zero-order chi connectivity index (χ0) is 28.3. The molecule has 0 heteroatoms. The molecular formula is C43H28. The van der Waals surface area contributed by atoms with E-state index in [2.05, 4.69) is 158 Å². The summed E-state index contributed by atoms with van der Waals surface area (Å²) < 4.78 is 0. The molecule has 1 aliphatic rings. The van der Waals surface area contributed by atoms with E-state index >= 15 is 0 Å². The van der Waals surface area contributed by atoms with Crippen LogP contribution in [0.25, 0.3) is 76.8 Å². The molecule has 0 aliphatic heterocycles. The molecule has 0 nitrogen and oxygen atoms in total. The number of fused-ring (bicyclic) bond motifs is 9. The van der Waals surface area contributed by atoms with E-state index in [0.29, 0.717) is 0 Å². The van der Waals surface area contributed by atoms with Crippen LogP contribution < -0.4 is 0 Å². The van der Waals surface area contributed by atoms with Gasteiger partial charge in [0, 0.05) is 0 Å². The average molecular weight is 545 g/mol. The Morgan fingerprint density at radius 3 is 1.56 bits per heavy atom. The molecule has 0 atom stereocenters. The molecule has 0 heterocycles. The molecule has 0 bridgehead atoms. The van der Waals surface area contributed by atoms with Crippen LogP contribution in [0.2, 0.25) is 0 Å². The molecule has 0 N–H and O–H groups in total. The lowest BCUT2D eigenvalue weighted by Gasteiger charge is -2.15. The van der Waals surface area contributed by atoms with Crippen molar-refractivity contribution in [3.8, 4) is 44.5 Å². The van der Waals surface area contributed by atoms with Crippen LogP contribution in [-0.4, -0.2) is 0 Å². The van der Waals surface area contributed by atoms with Crippen LogP contribution >= 0.6 is 0 Å². The van der Waals surface area contributed by atoms with E-state index in [0.717, 1.165) is 6.42 Å². The van der Waals surface area contributed by atoms with Gasteiger partial charge in [-0.1, -0.05) is 133 Å². The lowest BCUT2D eigenvalue weighted by Crippen LogP contribution is -1.91. The van der Waals surface area contributed by atoms with E-state index in [-0.39, 0.29) is 0 Å². The molecule has 43 heavy (non-hydrogen) atoms. The first-order chi connectivity index (χ1) is 21.3. The Morgan fingerprint density at radius 1 is 0.279 bits per heavy atom. The van der Waals surface area contributed by atoms with Crippen molar-refractivity contribution in [1.29, 1.82) is 0 Å². The van der Waals surface area contributed by atoms with Crippen LogP contribution in [-0.2, 0) is 6.42 Å². The molecule has 0 saturated heterocycles. The Balaban J connectivity index is 1.29. The molecule has 8 aromatic rings. The maximum Gasteiger partial charge on any atom is -0.000729 e. The van der Waals surface area contributed by atoms with Gasteiger partial charge in [0.2, 0.25) is 0 Å². The van der Waals surface area contributed by atoms with Crippen molar-refractivity contribution in [2.24, 2.45) is 0 Å². The van der Waals surface area contributed by atoms with Gasteiger partial charge >= 0.3 is 0 Å². The molecule has 9 rings (SSSR count). The normalized spacial score (nSPS) is 12.1. The summed E-state index contributed by atoms with van der Waals surface area (Å²) >= 11 is 0. The summed E-state index contributed by atoms with van der Waals surface area (Å²) in [5.74, 6) is 0. The first-order valence-corrected chi connectivity index (χ1v) is 15.1. The first kappa shape index (κ1) is 24.2. The average Bonchev–Trinajstić information content (AvgIpc) is 3.47. The minimum absolute atomic E-state index is 0.974. The van der Waals surface area contributed by atoms with Crippen molar-refractivity contribution in [1.82, 2.24) is 0 Å².